The van der Waals surface area contributed by atoms with Crippen LogP contribution in [0.2, 0.25) is 0 Å². The molecule has 0 aliphatic heterocycles. The summed E-state index contributed by atoms with van der Waals surface area (Å²) in [4.78, 5) is 28.1. The summed E-state index contributed by atoms with van der Waals surface area (Å²) in [5.74, 6) is -3.06. The molecule has 9 heteroatoms. The Labute approximate surface area is 168 Å². The van der Waals surface area contributed by atoms with Crippen LogP contribution >= 0.6 is 11.3 Å². The van der Waals surface area contributed by atoms with Crippen LogP contribution in [0.25, 0.3) is 11.3 Å². The van der Waals surface area contributed by atoms with Crippen molar-refractivity contribution in [3.05, 3.63) is 70.9 Å². The number of anilines is 1. The van der Waals surface area contributed by atoms with Gasteiger partial charge in [-0.3, -0.25) is 9.59 Å². The third-order valence-corrected chi connectivity index (χ3v) is 4.67. The number of amides is 2. The number of hydrogen-bond donors (Lipinski definition) is 2. The second-order valence-electron chi connectivity index (χ2n) is 6.08. The maximum Gasteiger partial charge on any atom is 0.254 e. The number of carbonyl (C=O) groups excluding carboxylic acids is 2. The molecule has 2 N–H and O–H groups in total. The first kappa shape index (κ1) is 20.5. The lowest BCUT2D eigenvalue weighted by atomic mass is 10.2. The molecule has 0 bridgehead atoms. The average Bonchev–Trinajstić information content (AvgIpc) is 3.13. The Balaban J connectivity index is 1.44. The fraction of sp³-hybridized carbons (Fsp3) is 0.150. The van der Waals surface area contributed by atoms with E-state index in [1.807, 2.05) is 0 Å². The maximum absolute atomic E-state index is 13.5. The molecule has 0 aliphatic rings. The number of hydrogen-bond acceptors (Lipinski definition) is 4. The predicted octanol–water partition coefficient (Wildman–Crippen LogP) is 4.38. The molecule has 0 unspecified atom stereocenters. The largest absolute Gasteiger partial charge is 0.352 e. The van der Waals surface area contributed by atoms with Crippen molar-refractivity contribution in [1.82, 2.24) is 10.3 Å². The van der Waals surface area contributed by atoms with Crippen molar-refractivity contribution in [2.45, 2.75) is 12.8 Å². The summed E-state index contributed by atoms with van der Waals surface area (Å²) in [7, 11) is 0. The lowest BCUT2D eigenvalue weighted by molar-refractivity contribution is -0.116. The number of nitrogens with zero attached hydrogens (tertiary/aromatic N) is 1. The Bertz CT molecular complexity index is 1040. The molecule has 0 saturated carbocycles. The monoisotopic (exact) mass is 419 g/mol. The first-order chi connectivity index (χ1) is 13.9. The minimum absolute atomic E-state index is 0.112. The van der Waals surface area contributed by atoms with Gasteiger partial charge in [0, 0.05) is 30.0 Å². The van der Waals surface area contributed by atoms with Crippen molar-refractivity contribution >= 4 is 28.3 Å². The predicted molar refractivity (Wildman–Crippen MR) is 104 cm³/mol. The normalized spacial score (nSPS) is 10.6. The molecule has 0 radical (unpaired) electrons. The highest BCUT2D eigenvalue weighted by atomic mass is 32.1. The van der Waals surface area contributed by atoms with E-state index in [1.165, 1.54) is 23.5 Å². The van der Waals surface area contributed by atoms with Crippen LogP contribution < -0.4 is 10.6 Å². The van der Waals surface area contributed by atoms with Gasteiger partial charge in [0.15, 0.2) is 5.13 Å². The van der Waals surface area contributed by atoms with E-state index in [0.717, 1.165) is 12.1 Å². The van der Waals surface area contributed by atoms with Crippen LogP contribution in [0.5, 0.6) is 0 Å². The van der Waals surface area contributed by atoms with Gasteiger partial charge in [0.05, 0.1) is 11.3 Å². The van der Waals surface area contributed by atoms with E-state index in [2.05, 4.69) is 15.6 Å². The van der Waals surface area contributed by atoms with Crippen molar-refractivity contribution in [2.75, 3.05) is 11.9 Å². The van der Waals surface area contributed by atoms with Crippen LogP contribution in [0.15, 0.2) is 47.8 Å². The van der Waals surface area contributed by atoms with Gasteiger partial charge in [0.1, 0.15) is 17.5 Å². The molecule has 5 nitrogen and oxygen atoms in total. The highest BCUT2D eigenvalue weighted by Crippen LogP contribution is 2.25. The number of rotatable bonds is 7. The van der Waals surface area contributed by atoms with E-state index >= 15 is 0 Å². The number of halogens is 3. The third kappa shape index (κ3) is 5.64. The Hall–Kier alpha value is -3.20. The van der Waals surface area contributed by atoms with Crippen molar-refractivity contribution < 1.29 is 22.8 Å². The second-order valence-corrected chi connectivity index (χ2v) is 6.94. The summed E-state index contributed by atoms with van der Waals surface area (Å²) >= 11 is 1.22. The Morgan fingerprint density at radius 2 is 1.83 bits per heavy atom. The molecular weight excluding hydrogens is 403 g/mol. The highest BCUT2D eigenvalue weighted by molar-refractivity contribution is 7.14. The fourth-order valence-electron chi connectivity index (χ4n) is 2.51. The standard InChI is InChI=1S/C20H16F3N3O2S/c21-13-4-1-3-12(9-13)17-11-29-20(25-17)26-18(27)5-2-8-24-19(28)15-7-6-14(22)10-16(15)23/h1,3-4,6-7,9-11H,2,5,8H2,(H,24,28)(H,25,26,27). The van der Waals surface area contributed by atoms with Crippen molar-refractivity contribution in [1.29, 1.82) is 0 Å². The Kier molecular flexibility index (Phi) is 6.61. The molecule has 3 aromatic rings. The Morgan fingerprint density at radius 3 is 2.59 bits per heavy atom. The second kappa shape index (κ2) is 9.33. The topological polar surface area (TPSA) is 71.1 Å². The average molecular weight is 419 g/mol. The summed E-state index contributed by atoms with van der Waals surface area (Å²) in [6.45, 7) is 0.148. The minimum Gasteiger partial charge on any atom is -0.352 e. The van der Waals surface area contributed by atoms with Gasteiger partial charge < -0.3 is 10.6 Å². The lowest BCUT2D eigenvalue weighted by Crippen LogP contribution is -2.26. The molecule has 0 atom stereocenters. The number of thiazole rings is 1. The van der Waals surface area contributed by atoms with E-state index in [-0.39, 0.29) is 30.3 Å². The number of aromatic nitrogens is 1. The minimum atomic E-state index is -0.946. The zero-order valence-corrected chi connectivity index (χ0v) is 15.9. The molecule has 1 aromatic heterocycles. The van der Waals surface area contributed by atoms with Crippen molar-refractivity contribution in [3.63, 3.8) is 0 Å². The third-order valence-electron chi connectivity index (χ3n) is 3.91. The molecule has 1 heterocycles. The summed E-state index contributed by atoms with van der Waals surface area (Å²) in [5, 5.41) is 7.21. The summed E-state index contributed by atoms with van der Waals surface area (Å²) in [6, 6.07) is 8.68. The van der Waals surface area contributed by atoms with Crippen LogP contribution in [-0.2, 0) is 4.79 Å². The van der Waals surface area contributed by atoms with Gasteiger partial charge in [0.25, 0.3) is 5.91 Å². The summed E-state index contributed by atoms with van der Waals surface area (Å²) < 4.78 is 39.7. The van der Waals surface area contributed by atoms with Gasteiger partial charge in [0.2, 0.25) is 5.91 Å². The number of nitrogens with one attached hydrogen (secondary N) is 2. The summed E-state index contributed by atoms with van der Waals surface area (Å²) in [5.41, 5.74) is 0.902. The van der Waals surface area contributed by atoms with Crippen LogP contribution in [0, 0.1) is 17.5 Å². The van der Waals surface area contributed by atoms with Crippen LogP contribution in [-0.4, -0.2) is 23.3 Å². The first-order valence-corrected chi connectivity index (χ1v) is 9.55. The molecule has 0 spiro atoms. The van der Waals surface area contributed by atoms with Gasteiger partial charge in [-0.25, -0.2) is 18.2 Å². The molecule has 0 saturated heterocycles. The first-order valence-electron chi connectivity index (χ1n) is 8.67. The number of benzene rings is 2. The molecule has 2 aromatic carbocycles. The molecular formula is C20H16F3N3O2S. The van der Waals surface area contributed by atoms with E-state index < -0.39 is 17.5 Å². The number of carbonyl (C=O) groups is 2. The quantitative estimate of drug-likeness (QED) is 0.559. The zero-order chi connectivity index (χ0) is 20.8. The van der Waals surface area contributed by atoms with Gasteiger partial charge in [-0.2, -0.15) is 0 Å². The smallest absolute Gasteiger partial charge is 0.254 e. The van der Waals surface area contributed by atoms with Crippen LogP contribution in [0.4, 0.5) is 18.3 Å². The highest BCUT2D eigenvalue weighted by Gasteiger charge is 2.13. The van der Waals surface area contributed by atoms with Crippen molar-refractivity contribution in [2.24, 2.45) is 0 Å². The fourth-order valence-corrected chi connectivity index (χ4v) is 3.25. The molecule has 0 aliphatic carbocycles. The molecule has 0 fully saturated rings. The van der Waals surface area contributed by atoms with E-state index in [9.17, 15) is 22.8 Å². The Morgan fingerprint density at radius 1 is 1.03 bits per heavy atom. The molecule has 2 amide bonds. The van der Waals surface area contributed by atoms with Crippen LogP contribution in [0.3, 0.4) is 0 Å². The summed E-state index contributed by atoms with van der Waals surface area (Å²) in [6.07, 6.45) is 0.434. The molecule has 29 heavy (non-hydrogen) atoms. The van der Waals surface area contributed by atoms with Gasteiger partial charge in [-0.15, -0.1) is 11.3 Å². The van der Waals surface area contributed by atoms with E-state index in [0.29, 0.717) is 28.9 Å². The molecule has 150 valence electrons. The van der Waals surface area contributed by atoms with Gasteiger partial charge in [-0.05, 0) is 30.7 Å². The van der Waals surface area contributed by atoms with E-state index in [4.69, 9.17) is 0 Å². The van der Waals surface area contributed by atoms with Gasteiger partial charge in [-0.1, -0.05) is 12.1 Å². The lowest BCUT2D eigenvalue weighted by Gasteiger charge is -2.06. The van der Waals surface area contributed by atoms with Gasteiger partial charge >= 0.3 is 0 Å². The zero-order valence-electron chi connectivity index (χ0n) is 15.0. The SMILES string of the molecule is O=C(CCCNC(=O)c1ccc(F)cc1F)Nc1nc(-c2cccc(F)c2)cs1. The molecule has 3 rings (SSSR count). The van der Waals surface area contributed by atoms with E-state index in [1.54, 1.807) is 17.5 Å². The van der Waals surface area contributed by atoms with Crippen molar-refractivity contribution in [3.8, 4) is 11.3 Å². The van der Waals surface area contributed by atoms with Crippen LogP contribution in [0.1, 0.15) is 23.2 Å². The maximum atomic E-state index is 13.5.